The van der Waals surface area contributed by atoms with Crippen LogP contribution in [-0.4, -0.2) is 41.1 Å². The third-order valence-corrected chi connectivity index (χ3v) is 4.18. The number of hydrogen-bond donors (Lipinski definition) is 2. The average molecular weight is 306 g/mol. The zero-order valence-electron chi connectivity index (χ0n) is 13.3. The van der Waals surface area contributed by atoms with Crippen LogP contribution in [0.1, 0.15) is 36.6 Å². The van der Waals surface area contributed by atoms with Gasteiger partial charge in [-0.1, -0.05) is 19.1 Å². The molecule has 21 heavy (non-hydrogen) atoms. The first-order valence-electron chi connectivity index (χ1n) is 7.71. The molecule has 1 aromatic heterocycles. The normalized spacial score (nSPS) is 16.9. The molecule has 3 N–H and O–H groups in total. The highest BCUT2D eigenvalue weighted by molar-refractivity contribution is 7.80. The molecule has 0 spiro atoms. The van der Waals surface area contributed by atoms with Crippen LogP contribution in [0.25, 0.3) is 0 Å². The Labute approximate surface area is 133 Å². The number of nitrogens with zero attached hydrogens (tertiary/aromatic N) is 2. The molecule has 0 aromatic carbocycles. The minimum Gasteiger partial charge on any atom is -0.389 e. The number of pyridine rings is 1. The molecule has 1 aromatic rings. The number of anilines is 1. The van der Waals surface area contributed by atoms with Gasteiger partial charge in [0, 0.05) is 18.8 Å². The van der Waals surface area contributed by atoms with E-state index in [-0.39, 0.29) is 0 Å². The van der Waals surface area contributed by atoms with E-state index >= 15 is 0 Å². The highest BCUT2D eigenvalue weighted by atomic mass is 32.1. The molecule has 0 aliphatic carbocycles. The van der Waals surface area contributed by atoms with E-state index in [0.717, 1.165) is 35.7 Å². The number of aromatic nitrogens is 1. The number of likely N-dealkylation sites (tertiary alicyclic amines) is 1. The second-order valence-corrected chi connectivity index (χ2v) is 6.60. The molecule has 1 aliphatic rings. The molecule has 116 valence electrons. The fourth-order valence-corrected chi connectivity index (χ4v) is 3.27. The van der Waals surface area contributed by atoms with Crippen LogP contribution in [0.15, 0.2) is 6.07 Å². The fraction of sp³-hybridized carbons (Fsp3) is 0.625. The van der Waals surface area contributed by atoms with Crippen molar-refractivity contribution in [3.63, 3.8) is 0 Å². The summed E-state index contributed by atoms with van der Waals surface area (Å²) in [4.78, 5) is 7.52. The molecule has 1 fully saturated rings. The van der Waals surface area contributed by atoms with Crippen molar-refractivity contribution >= 4 is 23.0 Å². The van der Waals surface area contributed by atoms with Gasteiger partial charge in [0.05, 0.1) is 5.56 Å². The smallest absolute Gasteiger partial charge is 0.136 e. The van der Waals surface area contributed by atoms with Crippen molar-refractivity contribution in [1.29, 1.82) is 0 Å². The van der Waals surface area contributed by atoms with Crippen LogP contribution in [0.2, 0.25) is 0 Å². The first-order valence-corrected chi connectivity index (χ1v) is 8.12. The van der Waals surface area contributed by atoms with E-state index in [1.165, 1.54) is 25.9 Å². The number of hydrogen-bond acceptors (Lipinski definition) is 4. The summed E-state index contributed by atoms with van der Waals surface area (Å²) < 4.78 is 0. The highest BCUT2D eigenvalue weighted by Crippen LogP contribution is 2.19. The van der Waals surface area contributed by atoms with Gasteiger partial charge in [0.25, 0.3) is 0 Å². The molecular weight excluding hydrogens is 280 g/mol. The van der Waals surface area contributed by atoms with Gasteiger partial charge in [-0.2, -0.15) is 0 Å². The lowest BCUT2D eigenvalue weighted by Gasteiger charge is -2.21. The van der Waals surface area contributed by atoms with Crippen molar-refractivity contribution in [3.8, 4) is 0 Å². The van der Waals surface area contributed by atoms with Crippen molar-refractivity contribution in [2.45, 2.75) is 33.6 Å². The van der Waals surface area contributed by atoms with Crippen LogP contribution in [0.3, 0.4) is 0 Å². The maximum atomic E-state index is 5.85. The standard InChI is InChI=1S/C16H26N4S/c1-11(10-20-6-4-5-7-20)9-18-16-14(15(17)21)12(2)8-13(3)19-16/h8,11H,4-7,9-10H2,1-3H3,(H2,17,21)(H,18,19). The average Bonchev–Trinajstić information content (AvgIpc) is 2.87. The van der Waals surface area contributed by atoms with Crippen LogP contribution in [0.4, 0.5) is 5.82 Å². The summed E-state index contributed by atoms with van der Waals surface area (Å²) >= 11 is 5.17. The first-order chi connectivity index (χ1) is 9.97. The molecule has 1 atom stereocenters. The van der Waals surface area contributed by atoms with Crippen molar-refractivity contribution in [1.82, 2.24) is 9.88 Å². The number of nitrogens with two attached hydrogens (primary N) is 1. The third-order valence-electron chi connectivity index (χ3n) is 3.98. The van der Waals surface area contributed by atoms with E-state index in [1.807, 2.05) is 19.9 Å². The lowest BCUT2D eigenvalue weighted by molar-refractivity contribution is 0.294. The van der Waals surface area contributed by atoms with Crippen LogP contribution in [-0.2, 0) is 0 Å². The second kappa shape index (κ2) is 7.18. The number of nitrogens with one attached hydrogen (secondary N) is 1. The predicted octanol–water partition coefficient (Wildman–Crippen LogP) is 2.48. The molecule has 1 saturated heterocycles. The Morgan fingerprint density at radius 3 is 2.71 bits per heavy atom. The summed E-state index contributed by atoms with van der Waals surface area (Å²) in [5.41, 5.74) is 8.80. The van der Waals surface area contributed by atoms with Gasteiger partial charge in [-0.3, -0.25) is 0 Å². The Morgan fingerprint density at radius 2 is 2.10 bits per heavy atom. The van der Waals surface area contributed by atoms with Crippen molar-refractivity contribution in [2.24, 2.45) is 11.7 Å². The molecule has 1 aliphatic heterocycles. The molecule has 5 heteroatoms. The summed E-state index contributed by atoms with van der Waals surface area (Å²) in [7, 11) is 0. The summed E-state index contributed by atoms with van der Waals surface area (Å²) in [6.07, 6.45) is 2.68. The van der Waals surface area contributed by atoms with Crippen LogP contribution in [0, 0.1) is 19.8 Å². The predicted molar refractivity (Wildman–Crippen MR) is 92.9 cm³/mol. The van der Waals surface area contributed by atoms with Crippen LogP contribution < -0.4 is 11.1 Å². The van der Waals surface area contributed by atoms with Gasteiger partial charge in [-0.15, -0.1) is 0 Å². The van der Waals surface area contributed by atoms with Crippen molar-refractivity contribution in [2.75, 3.05) is 31.5 Å². The van der Waals surface area contributed by atoms with Crippen LogP contribution >= 0.6 is 12.2 Å². The zero-order chi connectivity index (χ0) is 15.4. The van der Waals surface area contributed by atoms with Gasteiger partial charge < -0.3 is 16.0 Å². The quantitative estimate of drug-likeness (QED) is 0.791. The molecule has 0 amide bonds. The maximum Gasteiger partial charge on any atom is 0.136 e. The van der Waals surface area contributed by atoms with E-state index in [1.54, 1.807) is 0 Å². The number of thiocarbonyl (C=S) groups is 1. The maximum absolute atomic E-state index is 5.85. The lowest BCUT2D eigenvalue weighted by atomic mass is 10.1. The van der Waals surface area contributed by atoms with Gasteiger partial charge >= 0.3 is 0 Å². The molecule has 1 unspecified atom stereocenters. The zero-order valence-corrected chi connectivity index (χ0v) is 14.1. The summed E-state index contributed by atoms with van der Waals surface area (Å²) in [6, 6.07) is 2.02. The summed E-state index contributed by atoms with van der Waals surface area (Å²) in [5.74, 6) is 1.40. The largest absolute Gasteiger partial charge is 0.389 e. The lowest BCUT2D eigenvalue weighted by Crippen LogP contribution is -2.29. The molecule has 0 radical (unpaired) electrons. The van der Waals surface area contributed by atoms with Gasteiger partial charge in [-0.25, -0.2) is 4.98 Å². The van der Waals surface area contributed by atoms with Gasteiger partial charge in [-0.05, 0) is 57.3 Å². The van der Waals surface area contributed by atoms with Gasteiger partial charge in [0.2, 0.25) is 0 Å². The molecular formula is C16H26N4S. The van der Waals surface area contributed by atoms with Crippen LogP contribution in [0.5, 0.6) is 0 Å². The van der Waals surface area contributed by atoms with E-state index in [9.17, 15) is 0 Å². The Morgan fingerprint density at radius 1 is 1.43 bits per heavy atom. The van der Waals surface area contributed by atoms with E-state index in [0.29, 0.717) is 10.9 Å². The van der Waals surface area contributed by atoms with E-state index in [4.69, 9.17) is 18.0 Å². The Hall–Kier alpha value is -1.20. The number of rotatable bonds is 6. The SMILES string of the molecule is Cc1cc(C)c(C(N)=S)c(NCC(C)CN2CCCC2)n1. The fourth-order valence-electron chi connectivity index (χ4n) is 3.02. The Bertz CT molecular complexity index is 509. The Balaban J connectivity index is 2.00. The third kappa shape index (κ3) is 4.38. The minimum atomic E-state index is 0.412. The minimum absolute atomic E-state index is 0.412. The van der Waals surface area contributed by atoms with Crippen molar-refractivity contribution < 1.29 is 0 Å². The highest BCUT2D eigenvalue weighted by Gasteiger charge is 2.16. The van der Waals surface area contributed by atoms with E-state index in [2.05, 4.69) is 22.1 Å². The van der Waals surface area contributed by atoms with Gasteiger partial charge in [0.1, 0.15) is 10.8 Å². The molecule has 2 rings (SSSR count). The summed E-state index contributed by atoms with van der Waals surface area (Å²) in [5, 5.41) is 3.44. The second-order valence-electron chi connectivity index (χ2n) is 6.16. The first kappa shape index (κ1) is 16.2. The van der Waals surface area contributed by atoms with E-state index < -0.39 is 0 Å². The van der Waals surface area contributed by atoms with Crippen molar-refractivity contribution in [3.05, 3.63) is 22.9 Å². The monoisotopic (exact) mass is 306 g/mol. The van der Waals surface area contributed by atoms with Gasteiger partial charge in [0.15, 0.2) is 0 Å². The summed E-state index contributed by atoms with van der Waals surface area (Å²) in [6.45, 7) is 10.8. The topological polar surface area (TPSA) is 54.2 Å². The molecule has 2 heterocycles. The number of aryl methyl sites for hydroxylation is 2. The molecule has 4 nitrogen and oxygen atoms in total. The molecule has 0 bridgehead atoms. The Kier molecular flexibility index (Phi) is 5.53. The molecule has 0 saturated carbocycles.